The molecule has 1 fully saturated rings. The molecule has 0 saturated carbocycles. The normalized spacial score (nSPS) is 18.4. The molecule has 0 aliphatic carbocycles. The molecule has 1 saturated heterocycles. The second kappa shape index (κ2) is 6.44. The van der Waals surface area contributed by atoms with Crippen molar-refractivity contribution in [3.63, 3.8) is 0 Å². The van der Waals surface area contributed by atoms with Gasteiger partial charge in [-0.2, -0.15) is 4.31 Å². The maximum atomic E-state index is 13.0. The summed E-state index contributed by atoms with van der Waals surface area (Å²) in [6, 6.07) is 13.4. The van der Waals surface area contributed by atoms with Gasteiger partial charge in [-0.25, -0.2) is 8.42 Å². The van der Waals surface area contributed by atoms with Crippen LogP contribution in [0.3, 0.4) is 0 Å². The van der Waals surface area contributed by atoms with Gasteiger partial charge < -0.3 is 10.2 Å². The lowest BCUT2D eigenvalue weighted by molar-refractivity contribution is 0.431. The van der Waals surface area contributed by atoms with Crippen molar-refractivity contribution in [1.29, 1.82) is 0 Å². The number of rotatable bonds is 3. The molecular weight excluding hydrogens is 334 g/mol. The highest BCUT2D eigenvalue weighted by molar-refractivity contribution is 7.89. The molecule has 2 aromatic carbocycles. The zero-order valence-corrected chi connectivity index (χ0v) is 15.2. The van der Waals surface area contributed by atoms with E-state index < -0.39 is 10.0 Å². The Balaban J connectivity index is 1.65. The monoisotopic (exact) mass is 357 g/mol. The predicted octanol–water partition coefficient (Wildman–Crippen LogP) is 2.11. The van der Waals surface area contributed by atoms with Crippen molar-refractivity contribution in [2.24, 2.45) is 0 Å². The number of anilines is 1. The Bertz CT molecular complexity index is 889. The molecule has 2 aliphatic rings. The van der Waals surface area contributed by atoms with Crippen molar-refractivity contribution in [2.75, 3.05) is 31.1 Å². The molecule has 5 nitrogen and oxygen atoms in total. The number of aryl methyl sites for hydroxylation is 1. The second-order valence-corrected chi connectivity index (χ2v) is 8.68. The van der Waals surface area contributed by atoms with Crippen LogP contribution in [0.5, 0.6) is 0 Å². The third-order valence-electron chi connectivity index (χ3n) is 5.01. The van der Waals surface area contributed by atoms with Crippen LogP contribution in [0.25, 0.3) is 0 Å². The van der Waals surface area contributed by atoms with Gasteiger partial charge in [-0.05, 0) is 41.8 Å². The minimum Gasteiger partial charge on any atom is -0.369 e. The Kier molecular flexibility index (Phi) is 4.27. The Hall–Kier alpha value is -1.89. The molecular formula is C19H23N3O2S. The summed E-state index contributed by atoms with van der Waals surface area (Å²) in [5, 5.41) is 3.36. The van der Waals surface area contributed by atoms with Gasteiger partial charge in [0.25, 0.3) is 0 Å². The summed E-state index contributed by atoms with van der Waals surface area (Å²) in [5.41, 5.74) is 4.41. The molecule has 0 atom stereocenters. The van der Waals surface area contributed by atoms with Crippen molar-refractivity contribution in [3.8, 4) is 0 Å². The first-order valence-electron chi connectivity index (χ1n) is 8.69. The second-order valence-electron chi connectivity index (χ2n) is 6.74. The molecule has 0 amide bonds. The Labute approximate surface area is 149 Å². The fraction of sp³-hybridized carbons (Fsp3) is 0.368. The van der Waals surface area contributed by atoms with E-state index in [1.807, 2.05) is 25.1 Å². The molecule has 0 unspecified atom stereocenters. The molecule has 25 heavy (non-hydrogen) atoms. The van der Waals surface area contributed by atoms with Gasteiger partial charge in [0.15, 0.2) is 0 Å². The zero-order valence-electron chi connectivity index (χ0n) is 14.4. The third-order valence-corrected chi connectivity index (χ3v) is 6.80. The van der Waals surface area contributed by atoms with Crippen LogP contribution in [0.4, 0.5) is 5.69 Å². The van der Waals surface area contributed by atoms with Crippen LogP contribution in [0, 0.1) is 6.92 Å². The van der Waals surface area contributed by atoms with Gasteiger partial charge in [-0.1, -0.05) is 24.3 Å². The molecule has 132 valence electrons. The van der Waals surface area contributed by atoms with Crippen molar-refractivity contribution < 1.29 is 8.42 Å². The number of hydrogen-bond acceptors (Lipinski definition) is 4. The molecule has 0 spiro atoms. The van der Waals surface area contributed by atoms with E-state index in [4.69, 9.17) is 0 Å². The Morgan fingerprint density at radius 1 is 1.00 bits per heavy atom. The van der Waals surface area contributed by atoms with E-state index in [-0.39, 0.29) is 0 Å². The van der Waals surface area contributed by atoms with Gasteiger partial charge in [-0.15, -0.1) is 0 Å². The molecule has 0 aromatic heterocycles. The van der Waals surface area contributed by atoms with E-state index in [1.165, 1.54) is 5.69 Å². The fourth-order valence-electron chi connectivity index (χ4n) is 3.67. The first-order valence-corrected chi connectivity index (χ1v) is 10.1. The molecule has 2 aromatic rings. The van der Waals surface area contributed by atoms with Crippen molar-refractivity contribution in [2.45, 2.75) is 24.9 Å². The van der Waals surface area contributed by atoms with Crippen LogP contribution in [0.15, 0.2) is 47.4 Å². The molecule has 6 heteroatoms. The van der Waals surface area contributed by atoms with E-state index in [1.54, 1.807) is 22.5 Å². The quantitative estimate of drug-likeness (QED) is 0.914. The summed E-state index contributed by atoms with van der Waals surface area (Å²) in [6.45, 7) is 6.67. The highest BCUT2D eigenvalue weighted by atomic mass is 32.2. The number of benzene rings is 2. The molecule has 2 aliphatic heterocycles. The maximum absolute atomic E-state index is 13.0. The largest absolute Gasteiger partial charge is 0.369 e. The van der Waals surface area contributed by atoms with Crippen molar-refractivity contribution >= 4 is 15.7 Å². The first-order chi connectivity index (χ1) is 12.1. The summed E-state index contributed by atoms with van der Waals surface area (Å²) >= 11 is 0. The number of nitrogens with one attached hydrogen (secondary N) is 1. The van der Waals surface area contributed by atoms with E-state index in [0.29, 0.717) is 18.0 Å². The van der Waals surface area contributed by atoms with Gasteiger partial charge in [0, 0.05) is 45.0 Å². The summed E-state index contributed by atoms with van der Waals surface area (Å²) in [5.74, 6) is 0. The third kappa shape index (κ3) is 3.05. The zero-order chi connectivity index (χ0) is 17.4. The molecule has 4 rings (SSSR count). The number of nitrogens with zero attached hydrogens (tertiary/aromatic N) is 2. The summed E-state index contributed by atoms with van der Waals surface area (Å²) in [7, 11) is -3.47. The van der Waals surface area contributed by atoms with Gasteiger partial charge in [-0.3, -0.25) is 0 Å². The van der Waals surface area contributed by atoms with E-state index in [9.17, 15) is 8.42 Å². The Morgan fingerprint density at radius 3 is 2.52 bits per heavy atom. The van der Waals surface area contributed by atoms with Gasteiger partial charge in [0.2, 0.25) is 10.0 Å². The minimum absolute atomic E-state index is 0.379. The fourth-order valence-corrected chi connectivity index (χ4v) is 5.16. The lowest BCUT2D eigenvalue weighted by Gasteiger charge is -2.31. The van der Waals surface area contributed by atoms with Crippen LogP contribution in [-0.2, 0) is 23.1 Å². The van der Waals surface area contributed by atoms with Crippen LogP contribution in [-0.4, -0.2) is 38.9 Å². The summed E-state index contributed by atoms with van der Waals surface area (Å²) in [6.07, 6.45) is 0. The molecule has 2 heterocycles. The summed E-state index contributed by atoms with van der Waals surface area (Å²) < 4.78 is 27.7. The van der Waals surface area contributed by atoms with Gasteiger partial charge in [0.05, 0.1) is 4.90 Å². The number of sulfonamides is 1. The van der Waals surface area contributed by atoms with Crippen molar-refractivity contribution in [3.05, 3.63) is 59.2 Å². The number of piperazine rings is 1. The topological polar surface area (TPSA) is 52.7 Å². The average molecular weight is 357 g/mol. The smallest absolute Gasteiger partial charge is 0.243 e. The van der Waals surface area contributed by atoms with Gasteiger partial charge in [0.1, 0.15) is 0 Å². The van der Waals surface area contributed by atoms with E-state index >= 15 is 0 Å². The van der Waals surface area contributed by atoms with Crippen LogP contribution in [0.1, 0.15) is 16.7 Å². The average Bonchev–Trinajstić information content (AvgIpc) is 3.07. The van der Waals surface area contributed by atoms with Crippen LogP contribution >= 0.6 is 0 Å². The first kappa shape index (κ1) is 16.6. The minimum atomic E-state index is -3.47. The lowest BCUT2D eigenvalue weighted by Crippen LogP contribution is -2.43. The predicted molar refractivity (Wildman–Crippen MR) is 99.1 cm³/mol. The summed E-state index contributed by atoms with van der Waals surface area (Å²) in [4.78, 5) is 2.74. The van der Waals surface area contributed by atoms with Crippen LogP contribution in [0.2, 0.25) is 0 Å². The molecule has 0 bridgehead atoms. The lowest BCUT2D eigenvalue weighted by atomic mass is 10.1. The standard InChI is InChI=1S/C19H23N3O2S/c1-15-4-2-6-17(12-15)25(23,24)22-13-16-5-3-7-19(18(16)14-22)21-10-8-20-9-11-21/h2-7,12,20H,8-11,13-14H2,1H3. The molecule has 0 radical (unpaired) electrons. The number of fused-ring (bicyclic) bond motifs is 1. The van der Waals surface area contributed by atoms with E-state index in [2.05, 4.69) is 16.3 Å². The van der Waals surface area contributed by atoms with Gasteiger partial charge >= 0.3 is 0 Å². The highest BCUT2D eigenvalue weighted by Gasteiger charge is 2.32. The van der Waals surface area contributed by atoms with Crippen molar-refractivity contribution in [1.82, 2.24) is 9.62 Å². The highest BCUT2D eigenvalue weighted by Crippen LogP contribution is 2.35. The van der Waals surface area contributed by atoms with E-state index in [0.717, 1.165) is 42.9 Å². The Morgan fingerprint density at radius 2 is 1.76 bits per heavy atom. The molecule has 1 N–H and O–H groups in total. The number of hydrogen-bond donors (Lipinski definition) is 1. The maximum Gasteiger partial charge on any atom is 0.243 e. The van der Waals surface area contributed by atoms with Crippen LogP contribution < -0.4 is 10.2 Å². The SMILES string of the molecule is Cc1cccc(S(=O)(=O)N2Cc3cccc(N4CCNCC4)c3C2)c1.